The summed E-state index contributed by atoms with van der Waals surface area (Å²) in [7, 11) is 0. The third kappa shape index (κ3) is 2.82. The van der Waals surface area contributed by atoms with Gasteiger partial charge >= 0.3 is 0 Å². The normalized spacial score (nSPS) is 26.7. The Morgan fingerprint density at radius 3 is 2.20 bits per heavy atom. The molecule has 2 aliphatic rings. The van der Waals surface area contributed by atoms with Gasteiger partial charge in [-0.2, -0.15) is 0 Å². The van der Waals surface area contributed by atoms with Crippen LogP contribution in [0.15, 0.2) is 12.2 Å². The first-order valence-corrected chi connectivity index (χ1v) is 6.47. The summed E-state index contributed by atoms with van der Waals surface area (Å²) in [5.41, 5.74) is 6.26. The summed E-state index contributed by atoms with van der Waals surface area (Å²) in [5, 5.41) is 3.83. The summed E-state index contributed by atoms with van der Waals surface area (Å²) in [6, 6.07) is 0.659. The van der Waals surface area contributed by atoms with Crippen LogP contribution in [0.3, 0.4) is 0 Å². The Kier molecular flexibility index (Phi) is 3.81. The molecule has 3 N–H and O–H groups in total. The molecule has 2 nitrogen and oxygen atoms in total. The molecule has 2 aliphatic carbocycles. The van der Waals surface area contributed by atoms with Gasteiger partial charge in [-0.15, -0.1) is 0 Å². The average Bonchev–Trinajstić information content (AvgIpc) is 2.64. The van der Waals surface area contributed by atoms with Crippen molar-refractivity contribution in [2.24, 2.45) is 5.73 Å². The molecule has 0 atom stereocenters. The third-order valence-electron chi connectivity index (χ3n) is 3.97. The topological polar surface area (TPSA) is 38.0 Å². The van der Waals surface area contributed by atoms with Gasteiger partial charge in [0.2, 0.25) is 0 Å². The van der Waals surface area contributed by atoms with Crippen LogP contribution in [0.4, 0.5) is 0 Å². The van der Waals surface area contributed by atoms with Gasteiger partial charge in [-0.3, -0.25) is 0 Å². The maximum absolute atomic E-state index is 6.00. The minimum Gasteiger partial charge on any atom is -0.329 e. The average molecular weight is 208 g/mol. The minimum atomic E-state index is 0.257. The van der Waals surface area contributed by atoms with Gasteiger partial charge in [-0.1, -0.05) is 37.8 Å². The molecular weight excluding hydrogens is 184 g/mol. The van der Waals surface area contributed by atoms with Crippen LogP contribution in [0.2, 0.25) is 0 Å². The molecule has 86 valence electrons. The second-order valence-corrected chi connectivity index (χ2v) is 5.18. The van der Waals surface area contributed by atoms with Gasteiger partial charge in [0.1, 0.15) is 0 Å². The largest absolute Gasteiger partial charge is 0.329 e. The molecule has 0 heterocycles. The zero-order valence-corrected chi connectivity index (χ0v) is 9.67. The summed E-state index contributed by atoms with van der Waals surface area (Å²) < 4.78 is 0. The van der Waals surface area contributed by atoms with E-state index in [1.54, 1.807) is 0 Å². The van der Waals surface area contributed by atoms with Gasteiger partial charge in [0, 0.05) is 18.1 Å². The maximum atomic E-state index is 6.00. The van der Waals surface area contributed by atoms with Gasteiger partial charge in [-0.25, -0.2) is 0 Å². The fraction of sp³-hybridized carbons (Fsp3) is 0.846. The Morgan fingerprint density at radius 1 is 1.07 bits per heavy atom. The van der Waals surface area contributed by atoms with E-state index in [2.05, 4.69) is 17.5 Å². The van der Waals surface area contributed by atoms with Crippen molar-refractivity contribution < 1.29 is 0 Å². The van der Waals surface area contributed by atoms with Gasteiger partial charge in [-0.05, 0) is 25.7 Å². The number of nitrogens with two attached hydrogens (primary N) is 1. The quantitative estimate of drug-likeness (QED) is 0.552. The molecule has 0 radical (unpaired) electrons. The third-order valence-corrected chi connectivity index (χ3v) is 3.97. The lowest BCUT2D eigenvalue weighted by atomic mass is 9.89. The standard InChI is InChI=1S/C13H24N2/c14-11-13(9-5-1-2-6-10-13)15-12-7-3-4-8-12/h3-4,12,15H,1-2,5-11,14H2. The van der Waals surface area contributed by atoms with Crippen molar-refractivity contribution in [2.45, 2.75) is 62.9 Å². The van der Waals surface area contributed by atoms with Crippen molar-refractivity contribution in [3.63, 3.8) is 0 Å². The predicted molar refractivity (Wildman–Crippen MR) is 64.8 cm³/mol. The summed E-state index contributed by atoms with van der Waals surface area (Å²) in [6.45, 7) is 0.809. The molecule has 0 aromatic heterocycles. The van der Waals surface area contributed by atoms with Crippen LogP contribution in [0.5, 0.6) is 0 Å². The van der Waals surface area contributed by atoms with Gasteiger partial charge in [0.05, 0.1) is 0 Å². The highest BCUT2D eigenvalue weighted by Crippen LogP contribution is 2.28. The van der Waals surface area contributed by atoms with Gasteiger partial charge in [0.15, 0.2) is 0 Å². The van der Waals surface area contributed by atoms with E-state index in [9.17, 15) is 0 Å². The summed E-state index contributed by atoms with van der Waals surface area (Å²) >= 11 is 0. The second kappa shape index (κ2) is 5.13. The molecule has 15 heavy (non-hydrogen) atoms. The summed E-state index contributed by atoms with van der Waals surface area (Å²) in [6.07, 6.45) is 15.0. The Balaban J connectivity index is 1.92. The van der Waals surface area contributed by atoms with E-state index < -0.39 is 0 Å². The molecule has 0 amide bonds. The predicted octanol–water partition coefficient (Wildman–Crippen LogP) is 2.35. The Morgan fingerprint density at radius 2 is 1.67 bits per heavy atom. The number of nitrogens with one attached hydrogen (secondary N) is 1. The lowest BCUT2D eigenvalue weighted by Crippen LogP contribution is -2.54. The van der Waals surface area contributed by atoms with Crippen LogP contribution >= 0.6 is 0 Å². The number of rotatable bonds is 3. The molecule has 1 saturated carbocycles. The summed E-state index contributed by atoms with van der Waals surface area (Å²) in [5.74, 6) is 0. The monoisotopic (exact) mass is 208 g/mol. The molecule has 0 aromatic carbocycles. The molecule has 2 rings (SSSR count). The zero-order chi connectivity index (χ0) is 10.6. The van der Waals surface area contributed by atoms with Crippen LogP contribution in [0, 0.1) is 0 Å². The van der Waals surface area contributed by atoms with E-state index in [0.717, 1.165) is 6.54 Å². The lowest BCUT2D eigenvalue weighted by Gasteiger charge is -2.36. The van der Waals surface area contributed by atoms with Crippen molar-refractivity contribution in [3.05, 3.63) is 12.2 Å². The van der Waals surface area contributed by atoms with E-state index in [-0.39, 0.29) is 5.54 Å². The van der Waals surface area contributed by atoms with Crippen LogP contribution in [-0.2, 0) is 0 Å². The maximum Gasteiger partial charge on any atom is 0.0306 e. The zero-order valence-electron chi connectivity index (χ0n) is 9.67. The Hall–Kier alpha value is -0.340. The van der Waals surface area contributed by atoms with Crippen molar-refractivity contribution in [1.29, 1.82) is 0 Å². The highest BCUT2D eigenvalue weighted by molar-refractivity contribution is 5.02. The molecule has 0 aromatic rings. The molecule has 2 heteroatoms. The first kappa shape index (κ1) is 11.2. The summed E-state index contributed by atoms with van der Waals surface area (Å²) in [4.78, 5) is 0. The van der Waals surface area contributed by atoms with E-state index in [1.807, 2.05) is 0 Å². The first-order chi connectivity index (χ1) is 7.35. The van der Waals surface area contributed by atoms with Crippen molar-refractivity contribution in [1.82, 2.24) is 5.32 Å². The molecule has 0 bridgehead atoms. The number of hydrogen-bond acceptors (Lipinski definition) is 2. The Bertz CT molecular complexity index is 207. The fourth-order valence-corrected chi connectivity index (χ4v) is 2.98. The highest BCUT2D eigenvalue weighted by Gasteiger charge is 2.31. The minimum absolute atomic E-state index is 0.257. The van der Waals surface area contributed by atoms with E-state index >= 15 is 0 Å². The molecule has 0 spiro atoms. The highest BCUT2D eigenvalue weighted by atomic mass is 15.0. The van der Waals surface area contributed by atoms with Gasteiger partial charge < -0.3 is 11.1 Å². The molecule has 0 unspecified atom stereocenters. The second-order valence-electron chi connectivity index (χ2n) is 5.18. The van der Waals surface area contributed by atoms with Crippen molar-refractivity contribution >= 4 is 0 Å². The molecule has 1 fully saturated rings. The van der Waals surface area contributed by atoms with E-state index in [1.165, 1.54) is 51.4 Å². The molecule has 0 saturated heterocycles. The van der Waals surface area contributed by atoms with Crippen LogP contribution < -0.4 is 11.1 Å². The van der Waals surface area contributed by atoms with E-state index in [0.29, 0.717) is 6.04 Å². The van der Waals surface area contributed by atoms with Crippen LogP contribution in [0.25, 0.3) is 0 Å². The smallest absolute Gasteiger partial charge is 0.0306 e. The van der Waals surface area contributed by atoms with E-state index in [4.69, 9.17) is 5.73 Å². The Labute approximate surface area is 93.3 Å². The number of hydrogen-bond donors (Lipinski definition) is 2. The lowest BCUT2D eigenvalue weighted by molar-refractivity contribution is 0.261. The fourth-order valence-electron chi connectivity index (χ4n) is 2.98. The first-order valence-electron chi connectivity index (χ1n) is 6.47. The van der Waals surface area contributed by atoms with Gasteiger partial charge in [0.25, 0.3) is 0 Å². The van der Waals surface area contributed by atoms with Crippen molar-refractivity contribution in [2.75, 3.05) is 6.54 Å². The van der Waals surface area contributed by atoms with Crippen LogP contribution in [-0.4, -0.2) is 18.1 Å². The van der Waals surface area contributed by atoms with Crippen LogP contribution in [0.1, 0.15) is 51.4 Å². The molecular formula is C13H24N2. The SMILES string of the molecule is NCC1(NC2CC=CC2)CCCCCC1. The van der Waals surface area contributed by atoms with Crippen molar-refractivity contribution in [3.8, 4) is 0 Å². The molecule has 0 aliphatic heterocycles.